The Balaban J connectivity index is 3.00. The van der Waals surface area contributed by atoms with Crippen LogP contribution in [0.25, 0.3) is 0 Å². The first-order valence-corrected chi connectivity index (χ1v) is 6.70. The van der Waals surface area contributed by atoms with Crippen LogP contribution in [0.4, 0.5) is 5.69 Å². The lowest BCUT2D eigenvalue weighted by Crippen LogP contribution is -2.40. The first-order valence-electron chi connectivity index (χ1n) is 6.70. The van der Waals surface area contributed by atoms with E-state index in [2.05, 4.69) is 62.9 Å². The van der Waals surface area contributed by atoms with Gasteiger partial charge in [0.1, 0.15) is 0 Å². The van der Waals surface area contributed by atoms with Crippen LogP contribution in [-0.4, -0.2) is 38.1 Å². The molecule has 0 bridgehead atoms. The van der Waals surface area contributed by atoms with Gasteiger partial charge in [-0.15, -0.1) is 0 Å². The Bertz CT molecular complexity index is 374. The average molecular weight is 249 g/mol. The largest absolute Gasteiger partial charge is 0.368 e. The number of nitrogens with two attached hydrogens (primary N) is 1. The number of hydrogen-bond acceptors (Lipinski definition) is 3. The van der Waals surface area contributed by atoms with Crippen LogP contribution in [0.2, 0.25) is 0 Å². The maximum absolute atomic E-state index is 5.88. The van der Waals surface area contributed by atoms with Gasteiger partial charge < -0.3 is 15.5 Å². The van der Waals surface area contributed by atoms with E-state index in [4.69, 9.17) is 5.73 Å². The van der Waals surface area contributed by atoms with Gasteiger partial charge in [0.15, 0.2) is 0 Å². The van der Waals surface area contributed by atoms with E-state index in [9.17, 15) is 0 Å². The maximum atomic E-state index is 5.88. The Morgan fingerprint density at radius 2 is 1.94 bits per heavy atom. The second-order valence-corrected chi connectivity index (χ2v) is 5.23. The zero-order valence-electron chi connectivity index (χ0n) is 12.4. The van der Waals surface area contributed by atoms with Crippen molar-refractivity contribution in [3.63, 3.8) is 0 Å². The molecule has 1 aromatic carbocycles. The van der Waals surface area contributed by atoms with Gasteiger partial charge in [-0.1, -0.05) is 17.7 Å². The second-order valence-electron chi connectivity index (χ2n) is 5.23. The predicted octanol–water partition coefficient (Wildman–Crippen LogP) is 2.23. The standard InChI is InChI=1S/C15H27N3/c1-6-18(13(3)11-17(4)5)15-8-7-12(2)9-14(15)10-16/h7-9,13H,6,10-11,16H2,1-5H3. The van der Waals surface area contributed by atoms with E-state index in [0.29, 0.717) is 12.6 Å². The number of anilines is 1. The van der Waals surface area contributed by atoms with Crippen LogP contribution in [-0.2, 0) is 6.54 Å². The van der Waals surface area contributed by atoms with E-state index in [1.165, 1.54) is 16.8 Å². The summed E-state index contributed by atoms with van der Waals surface area (Å²) in [6.45, 7) is 9.23. The molecule has 0 amide bonds. The van der Waals surface area contributed by atoms with Crippen molar-refractivity contribution >= 4 is 5.69 Å². The molecule has 0 aliphatic rings. The van der Waals surface area contributed by atoms with E-state index in [1.54, 1.807) is 0 Å². The quantitative estimate of drug-likeness (QED) is 0.839. The summed E-state index contributed by atoms with van der Waals surface area (Å²) in [6.07, 6.45) is 0. The molecule has 0 saturated carbocycles. The van der Waals surface area contributed by atoms with Crippen LogP contribution < -0.4 is 10.6 Å². The van der Waals surface area contributed by atoms with Gasteiger partial charge in [-0.3, -0.25) is 0 Å². The Kier molecular flexibility index (Phi) is 5.63. The molecule has 0 saturated heterocycles. The number of rotatable bonds is 6. The van der Waals surface area contributed by atoms with E-state index in [-0.39, 0.29) is 0 Å². The first kappa shape index (κ1) is 15.0. The van der Waals surface area contributed by atoms with Gasteiger partial charge in [-0.2, -0.15) is 0 Å². The van der Waals surface area contributed by atoms with E-state index in [0.717, 1.165) is 13.1 Å². The highest BCUT2D eigenvalue weighted by Gasteiger charge is 2.16. The van der Waals surface area contributed by atoms with Gasteiger partial charge in [0.25, 0.3) is 0 Å². The second kappa shape index (κ2) is 6.76. The summed E-state index contributed by atoms with van der Waals surface area (Å²) in [5.41, 5.74) is 9.67. The Labute approximate surface area is 112 Å². The van der Waals surface area contributed by atoms with Crippen molar-refractivity contribution < 1.29 is 0 Å². The van der Waals surface area contributed by atoms with Crippen LogP contribution in [0.1, 0.15) is 25.0 Å². The molecule has 0 aliphatic carbocycles. The number of hydrogen-bond donors (Lipinski definition) is 1. The molecule has 0 fully saturated rings. The van der Waals surface area contributed by atoms with E-state index < -0.39 is 0 Å². The average Bonchev–Trinajstić information content (AvgIpc) is 2.30. The lowest BCUT2D eigenvalue weighted by Gasteiger charge is -2.33. The van der Waals surface area contributed by atoms with Gasteiger partial charge in [0, 0.05) is 31.4 Å². The molecule has 1 aromatic rings. The van der Waals surface area contributed by atoms with Crippen LogP contribution >= 0.6 is 0 Å². The summed E-state index contributed by atoms with van der Waals surface area (Å²) in [5.74, 6) is 0. The molecule has 0 spiro atoms. The molecule has 1 atom stereocenters. The minimum absolute atomic E-state index is 0.484. The van der Waals surface area contributed by atoms with Gasteiger partial charge in [-0.25, -0.2) is 0 Å². The van der Waals surface area contributed by atoms with E-state index >= 15 is 0 Å². The lowest BCUT2D eigenvalue weighted by molar-refractivity contribution is 0.372. The Hall–Kier alpha value is -1.06. The van der Waals surface area contributed by atoms with Gasteiger partial charge >= 0.3 is 0 Å². The fourth-order valence-electron chi connectivity index (χ4n) is 2.50. The molecule has 0 aromatic heterocycles. The van der Waals surface area contributed by atoms with Crippen LogP contribution in [0, 0.1) is 6.92 Å². The molecule has 102 valence electrons. The zero-order valence-corrected chi connectivity index (χ0v) is 12.4. The molecule has 2 N–H and O–H groups in total. The van der Waals surface area contributed by atoms with Crippen LogP contribution in [0.15, 0.2) is 18.2 Å². The molecule has 0 radical (unpaired) electrons. The third-order valence-electron chi connectivity index (χ3n) is 3.27. The van der Waals surface area contributed by atoms with E-state index in [1.807, 2.05) is 0 Å². The highest BCUT2D eigenvalue weighted by Crippen LogP contribution is 2.23. The lowest BCUT2D eigenvalue weighted by atomic mass is 10.1. The van der Waals surface area contributed by atoms with Crippen molar-refractivity contribution in [3.8, 4) is 0 Å². The van der Waals surface area contributed by atoms with Crippen molar-refractivity contribution in [2.45, 2.75) is 33.4 Å². The third kappa shape index (κ3) is 3.72. The topological polar surface area (TPSA) is 32.5 Å². The third-order valence-corrected chi connectivity index (χ3v) is 3.27. The highest BCUT2D eigenvalue weighted by atomic mass is 15.2. The molecule has 0 heterocycles. The van der Waals surface area contributed by atoms with Crippen molar-refractivity contribution in [2.24, 2.45) is 5.73 Å². The van der Waals surface area contributed by atoms with Crippen LogP contribution in [0.3, 0.4) is 0 Å². The maximum Gasteiger partial charge on any atom is 0.0414 e. The summed E-state index contributed by atoms with van der Waals surface area (Å²) in [7, 11) is 4.23. The number of likely N-dealkylation sites (N-methyl/N-ethyl adjacent to an activating group) is 2. The minimum Gasteiger partial charge on any atom is -0.368 e. The monoisotopic (exact) mass is 249 g/mol. The highest BCUT2D eigenvalue weighted by molar-refractivity contribution is 5.55. The SMILES string of the molecule is CCN(c1ccc(C)cc1CN)C(C)CN(C)C. The number of aryl methyl sites for hydroxylation is 1. The summed E-state index contributed by atoms with van der Waals surface area (Å²) < 4.78 is 0. The molecule has 3 nitrogen and oxygen atoms in total. The fraction of sp³-hybridized carbons (Fsp3) is 0.600. The molecule has 3 heteroatoms. The fourth-order valence-corrected chi connectivity index (χ4v) is 2.50. The summed E-state index contributed by atoms with van der Waals surface area (Å²) in [5, 5.41) is 0. The van der Waals surface area contributed by atoms with Crippen molar-refractivity contribution in [2.75, 3.05) is 32.1 Å². The number of nitrogens with zero attached hydrogens (tertiary/aromatic N) is 2. The van der Waals surface area contributed by atoms with Gasteiger partial charge in [0.05, 0.1) is 0 Å². The van der Waals surface area contributed by atoms with Crippen molar-refractivity contribution in [1.29, 1.82) is 0 Å². The summed E-state index contributed by atoms with van der Waals surface area (Å²) >= 11 is 0. The van der Waals surface area contributed by atoms with Crippen LogP contribution in [0.5, 0.6) is 0 Å². The molecule has 1 rings (SSSR count). The Morgan fingerprint density at radius 1 is 1.28 bits per heavy atom. The molecule has 0 aliphatic heterocycles. The van der Waals surface area contributed by atoms with Gasteiger partial charge in [-0.05, 0) is 46.5 Å². The predicted molar refractivity (Wildman–Crippen MR) is 80.1 cm³/mol. The summed E-state index contributed by atoms with van der Waals surface area (Å²) in [6, 6.07) is 7.05. The minimum atomic E-state index is 0.484. The molecule has 1 unspecified atom stereocenters. The number of benzene rings is 1. The zero-order chi connectivity index (χ0) is 13.7. The molecule has 18 heavy (non-hydrogen) atoms. The van der Waals surface area contributed by atoms with Gasteiger partial charge in [0.2, 0.25) is 0 Å². The Morgan fingerprint density at radius 3 is 2.44 bits per heavy atom. The van der Waals surface area contributed by atoms with Crippen molar-refractivity contribution in [3.05, 3.63) is 29.3 Å². The molecular formula is C15H27N3. The smallest absolute Gasteiger partial charge is 0.0414 e. The summed E-state index contributed by atoms with van der Waals surface area (Å²) in [4.78, 5) is 4.66. The normalized spacial score (nSPS) is 12.8. The van der Waals surface area contributed by atoms with Crippen molar-refractivity contribution in [1.82, 2.24) is 4.90 Å². The molecular weight excluding hydrogens is 222 g/mol. The first-order chi connectivity index (χ1) is 8.49.